The zero-order valence-electron chi connectivity index (χ0n) is 21.4. The van der Waals surface area contributed by atoms with Gasteiger partial charge in [-0.25, -0.2) is 8.42 Å². The van der Waals surface area contributed by atoms with Gasteiger partial charge < -0.3 is 19.5 Å². The molecule has 0 aromatic heterocycles. The van der Waals surface area contributed by atoms with Gasteiger partial charge in [-0.15, -0.1) is 0 Å². The lowest BCUT2D eigenvalue weighted by Gasteiger charge is -2.38. The van der Waals surface area contributed by atoms with Crippen molar-refractivity contribution in [1.29, 1.82) is 0 Å². The molecule has 1 amide bonds. The Kier molecular flexibility index (Phi) is 7.63. The first kappa shape index (κ1) is 26.3. The van der Waals surface area contributed by atoms with Crippen molar-refractivity contribution in [2.45, 2.75) is 38.5 Å². The fourth-order valence-electron chi connectivity index (χ4n) is 4.31. The van der Waals surface area contributed by atoms with Crippen molar-refractivity contribution in [3.05, 3.63) is 83.9 Å². The highest BCUT2D eigenvalue weighted by atomic mass is 32.2. The van der Waals surface area contributed by atoms with Crippen molar-refractivity contribution < 1.29 is 27.4 Å². The predicted molar refractivity (Wildman–Crippen MR) is 143 cm³/mol. The fourth-order valence-corrected chi connectivity index (χ4v) is 5.16. The fraction of sp³-hybridized carbons (Fsp3) is 0.321. The molecule has 37 heavy (non-hydrogen) atoms. The van der Waals surface area contributed by atoms with E-state index in [9.17, 15) is 13.2 Å². The topological polar surface area (TPSA) is 94.2 Å². The smallest absolute Gasteiger partial charge is 0.241 e. The lowest BCUT2D eigenvalue weighted by Crippen LogP contribution is -2.45. The number of methoxy groups -OCH3 is 1. The second-order valence-electron chi connectivity index (χ2n) is 9.63. The number of benzene rings is 3. The molecule has 9 heteroatoms. The normalized spacial score (nSPS) is 16.2. The minimum Gasteiger partial charge on any atom is -0.497 e. The molecule has 0 fully saturated rings. The number of hydrogen-bond donors (Lipinski definition) is 1. The maximum absolute atomic E-state index is 13.1. The molecule has 1 atom stereocenters. The molecular formula is C28H32N2O6S. The Hall–Kier alpha value is -3.72. The minimum atomic E-state index is -3.72. The van der Waals surface area contributed by atoms with Crippen LogP contribution in [0.25, 0.3) is 0 Å². The van der Waals surface area contributed by atoms with E-state index in [0.717, 1.165) is 21.7 Å². The average Bonchev–Trinajstić information content (AvgIpc) is 2.85. The van der Waals surface area contributed by atoms with Crippen LogP contribution >= 0.6 is 0 Å². The second-order valence-corrected chi connectivity index (χ2v) is 11.5. The Bertz CT molecular complexity index is 1340. The number of carbonyl (C=O) groups is 1. The summed E-state index contributed by atoms with van der Waals surface area (Å²) in [5.41, 5.74) is 1.70. The van der Waals surface area contributed by atoms with Crippen LogP contribution in [-0.4, -0.2) is 39.8 Å². The summed E-state index contributed by atoms with van der Waals surface area (Å²) in [6, 6.07) is 21.5. The Morgan fingerprint density at radius 1 is 1.05 bits per heavy atom. The molecule has 3 aromatic carbocycles. The molecule has 0 aliphatic carbocycles. The highest BCUT2D eigenvalue weighted by molar-refractivity contribution is 7.92. The van der Waals surface area contributed by atoms with Gasteiger partial charge in [0, 0.05) is 18.1 Å². The monoisotopic (exact) mass is 524 g/mol. The zero-order valence-corrected chi connectivity index (χ0v) is 22.2. The van der Waals surface area contributed by atoms with Gasteiger partial charge in [-0.1, -0.05) is 30.3 Å². The van der Waals surface area contributed by atoms with Crippen LogP contribution in [0.1, 0.15) is 37.4 Å². The molecule has 3 aromatic rings. The number of rotatable bonds is 9. The van der Waals surface area contributed by atoms with Crippen LogP contribution in [0.3, 0.4) is 0 Å². The number of hydrogen-bond acceptors (Lipinski definition) is 6. The maximum Gasteiger partial charge on any atom is 0.241 e. The summed E-state index contributed by atoms with van der Waals surface area (Å²) in [4.78, 5) is 13.1. The average molecular weight is 525 g/mol. The number of nitrogens with zero attached hydrogens (tertiary/aromatic N) is 1. The summed E-state index contributed by atoms with van der Waals surface area (Å²) in [6.07, 6.45) is 1.61. The molecule has 0 bridgehead atoms. The molecule has 1 heterocycles. The number of carbonyl (C=O) groups excluding carboxylic acids is 1. The minimum absolute atomic E-state index is 0.340. The Morgan fingerprint density at radius 3 is 2.38 bits per heavy atom. The van der Waals surface area contributed by atoms with E-state index < -0.39 is 21.5 Å². The molecule has 1 aliphatic heterocycles. The molecule has 0 radical (unpaired) electrons. The Balaban J connectivity index is 1.47. The first-order valence-electron chi connectivity index (χ1n) is 11.9. The first-order valence-corrected chi connectivity index (χ1v) is 13.8. The van der Waals surface area contributed by atoms with Gasteiger partial charge in [0.05, 0.1) is 25.1 Å². The molecular weight excluding hydrogens is 492 g/mol. The lowest BCUT2D eigenvalue weighted by atomic mass is 9.89. The summed E-state index contributed by atoms with van der Waals surface area (Å²) in [5.74, 6) is 1.47. The van der Waals surface area contributed by atoms with Gasteiger partial charge in [-0.2, -0.15) is 0 Å². The summed E-state index contributed by atoms with van der Waals surface area (Å²) in [6.45, 7) is 3.93. The van der Waals surface area contributed by atoms with E-state index in [4.69, 9.17) is 14.2 Å². The van der Waals surface area contributed by atoms with Crippen molar-refractivity contribution in [3.63, 3.8) is 0 Å². The molecule has 1 unspecified atom stereocenters. The number of anilines is 1. The molecule has 0 saturated heterocycles. The van der Waals surface area contributed by atoms with E-state index in [1.807, 2.05) is 56.3 Å². The summed E-state index contributed by atoms with van der Waals surface area (Å²) < 4.78 is 43.5. The van der Waals surface area contributed by atoms with Crippen LogP contribution in [0.5, 0.6) is 17.2 Å². The third-order valence-electron chi connectivity index (χ3n) is 6.07. The van der Waals surface area contributed by atoms with E-state index in [-0.39, 0.29) is 12.6 Å². The van der Waals surface area contributed by atoms with Crippen molar-refractivity contribution in [2.75, 3.05) is 24.2 Å². The van der Waals surface area contributed by atoms with Gasteiger partial charge in [-0.05, 0) is 55.8 Å². The van der Waals surface area contributed by atoms with Crippen molar-refractivity contribution >= 4 is 21.6 Å². The molecule has 1 N–H and O–H groups in total. The van der Waals surface area contributed by atoms with Crippen LogP contribution in [0.2, 0.25) is 0 Å². The highest BCUT2D eigenvalue weighted by Crippen LogP contribution is 2.41. The van der Waals surface area contributed by atoms with Crippen LogP contribution < -0.4 is 23.8 Å². The van der Waals surface area contributed by atoms with Crippen molar-refractivity contribution in [2.24, 2.45) is 0 Å². The molecule has 4 rings (SSSR count). The Labute approximate surface area is 218 Å². The van der Waals surface area contributed by atoms with Crippen LogP contribution in [0, 0.1) is 0 Å². The largest absolute Gasteiger partial charge is 0.497 e. The summed E-state index contributed by atoms with van der Waals surface area (Å²) in [7, 11) is -2.14. The summed E-state index contributed by atoms with van der Waals surface area (Å²) in [5, 5.41) is 3.00. The van der Waals surface area contributed by atoms with Crippen LogP contribution in [0.15, 0.2) is 72.8 Å². The molecule has 0 spiro atoms. The van der Waals surface area contributed by atoms with Gasteiger partial charge in [0.15, 0.2) is 0 Å². The zero-order chi connectivity index (χ0) is 26.6. The Morgan fingerprint density at radius 2 is 1.73 bits per heavy atom. The van der Waals surface area contributed by atoms with E-state index in [0.29, 0.717) is 36.0 Å². The number of amides is 1. The molecule has 0 saturated carbocycles. The molecule has 196 valence electrons. The van der Waals surface area contributed by atoms with Crippen LogP contribution in [0.4, 0.5) is 5.69 Å². The molecule has 1 aliphatic rings. The van der Waals surface area contributed by atoms with E-state index >= 15 is 0 Å². The second kappa shape index (κ2) is 10.7. The van der Waals surface area contributed by atoms with Gasteiger partial charge >= 0.3 is 0 Å². The van der Waals surface area contributed by atoms with Gasteiger partial charge in [-0.3, -0.25) is 9.10 Å². The third-order valence-corrected chi connectivity index (χ3v) is 7.21. The number of sulfonamides is 1. The summed E-state index contributed by atoms with van der Waals surface area (Å²) >= 11 is 0. The van der Waals surface area contributed by atoms with Crippen LogP contribution in [-0.2, 0) is 21.4 Å². The predicted octanol–water partition coefficient (Wildman–Crippen LogP) is 4.46. The van der Waals surface area contributed by atoms with E-state index in [1.54, 1.807) is 37.4 Å². The quantitative estimate of drug-likeness (QED) is 0.444. The highest BCUT2D eigenvalue weighted by Gasteiger charge is 2.35. The van der Waals surface area contributed by atoms with E-state index in [2.05, 4.69) is 5.32 Å². The van der Waals surface area contributed by atoms with E-state index in [1.165, 1.54) is 0 Å². The van der Waals surface area contributed by atoms with Gasteiger partial charge in [0.2, 0.25) is 15.9 Å². The standard InChI is InChI=1S/C28H32N2O6S/c1-28(2)17-25(24-15-14-23(34-3)16-26(24)36-28)29-27(31)18-30(37(4,32)33)21-10-12-22(13-11-21)35-19-20-8-6-5-7-9-20/h5-16,25H,17-19H2,1-4H3,(H,29,31). The van der Waals surface area contributed by atoms with Gasteiger partial charge in [0.1, 0.15) is 36.0 Å². The SMILES string of the molecule is COc1ccc2c(c1)OC(C)(C)CC2NC(=O)CN(c1ccc(OCc2ccccc2)cc1)S(C)(=O)=O. The number of ether oxygens (including phenoxy) is 3. The molecule has 8 nitrogen and oxygen atoms in total. The van der Waals surface area contributed by atoms with Crippen molar-refractivity contribution in [1.82, 2.24) is 5.32 Å². The first-order chi connectivity index (χ1) is 17.5. The lowest BCUT2D eigenvalue weighted by molar-refractivity contribution is -0.120. The van der Waals surface area contributed by atoms with Gasteiger partial charge in [0.25, 0.3) is 0 Å². The third kappa shape index (κ3) is 6.74. The number of nitrogens with one attached hydrogen (secondary N) is 1. The number of fused-ring (bicyclic) bond motifs is 1. The maximum atomic E-state index is 13.1. The van der Waals surface area contributed by atoms with Crippen molar-refractivity contribution in [3.8, 4) is 17.2 Å².